The minimum atomic E-state index is -0.845. The molecule has 0 bridgehead atoms. The van der Waals surface area contributed by atoms with Gasteiger partial charge in [0.25, 0.3) is 0 Å². The van der Waals surface area contributed by atoms with Gasteiger partial charge in [0.05, 0.1) is 6.61 Å². The van der Waals surface area contributed by atoms with Gasteiger partial charge in [0.1, 0.15) is 0 Å². The first-order chi connectivity index (χ1) is 7.07. The van der Waals surface area contributed by atoms with E-state index in [1.807, 2.05) is 6.92 Å². The molecule has 1 N–H and O–H groups in total. The number of unbranched alkanes of at least 4 members (excludes halogenated alkanes) is 1. The first-order valence-corrected chi connectivity index (χ1v) is 5.17. The van der Waals surface area contributed by atoms with Gasteiger partial charge in [0.15, 0.2) is 0 Å². The molecule has 0 unspecified atom stereocenters. The van der Waals surface area contributed by atoms with E-state index >= 15 is 0 Å². The molecule has 15 heavy (non-hydrogen) atoms. The molecule has 0 saturated heterocycles. The lowest BCUT2D eigenvalue weighted by Crippen LogP contribution is -2.29. The van der Waals surface area contributed by atoms with Crippen LogP contribution >= 0.6 is 0 Å². The average Bonchev–Trinajstić information content (AvgIpc) is 2.17. The molecule has 0 aromatic carbocycles. The highest BCUT2D eigenvalue weighted by Gasteiger charge is 2.09. The second-order valence-electron chi connectivity index (χ2n) is 3.39. The van der Waals surface area contributed by atoms with E-state index in [2.05, 4.69) is 0 Å². The van der Waals surface area contributed by atoms with Crippen molar-refractivity contribution in [2.24, 2.45) is 0 Å². The van der Waals surface area contributed by atoms with Crippen molar-refractivity contribution in [2.75, 3.05) is 20.2 Å². The summed E-state index contributed by atoms with van der Waals surface area (Å²) in [6, 6.07) is 0. The molecule has 0 saturated carbocycles. The Bertz CT molecular complexity index is 206. The van der Waals surface area contributed by atoms with Crippen LogP contribution < -0.4 is 0 Å². The highest BCUT2D eigenvalue weighted by molar-refractivity contribution is 5.68. The number of ether oxygens (including phenoxy) is 1. The molecule has 0 aromatic rings. The second-order valence-corrected chi connectivity index (χ2v) is 3.39. The third-order valence-corrected chi connectivity index (χ3v) is 1.92. The summed E-state index contributed by atoms with van der Waals surface area (Å²) < 4.78 is 4.94. The molecule has 0 fully saturated rings. The topological polar surface area (TPSA) is 66.8 Å². The van der Waals surface area contributed by atoms with Crippen LogP contribution in [0.25, 0.3) is 0 Å². The van der Waals surface area contributed by atoms with Gasteiger partial charge in [-0.15, -0.1) is 0 Å². The van der Waals surface area contributed by atoms with Crippen LogP contribution in [-0.4, -0.2) is 42.3 Å². The number of carboxylic acids is 1. The smallest absolute Gasteiger partial charge is 0.409 e. The largest absolute Gasteiger partial charge is 0.481 e. The average molecular weight is 217 g/mol. The minimum absolute atomic E-state index is 0.0760. The Morgan fingerprint density at radius 3 is 2.53 bits per heavy atom. The summed E-state index contributed by atoms with van der Waals surface area (Å²) >= 11 is 0. The molecule has 88 valence electrons. The molecule has 0 heterocycles. The Morgan fingerprint density at radius 1 is 1.33 bits per heavy atom. The van der Waals surface area contributed by atoms with Crippen LogP contribution in [0.5, 0.6) is 0 Å². The summed E-state index contributed by atoms with van der Waals surface area (Å²) in [5.41, 5.74) is 0. The molecule has 0 radical (unpaired) electrons. The first kappa shape index (κ1) is 13.7. The molecule has 0 rings (SSSR count). The van der Waals surface area contributed by atoms with E-state index in [9.17, 15) is 9.59 Å². The van der Waals surface area contributed by atoms with Crippen molar-refractivity contribution >= 4 is 12.1 Å². The van der Waals surface area contributed by atoms with Crippen LogP contribution in [0.15, 0.2) is 0 Å². The third-order valence-electron chi connectivity index (χ3n) is 1.92. The van der Waals surface area contributed by atoms with Gasteiger partial charge >= 0.3 is 12.1 Å². The van der Waals surface area contributed by atoms with Crippen molar-refractivity contribution < 1.29 is 19.4 Å². The molecule has 0 spiro atoms. The zero-order valence-corrected chi connectivity index (χ0v) is 9.36. The second kappa shape index (κ2) is 8.08. The summed E-state index contributed by atoms with van der Waals surface area (Å²) in [4.78, 5) is 22.9. The lowest BCUT2D eigenvalue weighted by Gasteiger charge is -2.16. The molecular formula is C10H19NO4. The van der Waals surface area contributed by atoms with Crippen molar-refractivity contribution in [3.8, 4) is 0 Å². The Kier molecular flexibility index (Phi) is 7.40. The lowest BCUT2D eigenvalue weighted by molar-refractivity contribution is -0.137. The van der Waals surface area contributed by atoms with Gasteiger partial charge in [0, 0.05) is 20.0 Å². The van der Waals surface area contributed by atoms with Crippen molar-refractivity contribution in [2.45, 2.75) is 32.6 Å². The first-order valence-electron chi connectivity index (χ1n) is 5.17. The monoisotopic (exact) mass is 217 g/mol. The summed E-state index contributed by atoms with van der Waals surface area (Å²) in [6.45, 7) is 2.86. The fourth-order valence-electron chi connectivity index (χ4n) is 0.973. The maximum absolute atomic E-state index is 11.2. The van der Waals surface area contributed by atoms with E-state index in [0.717, 1.165) is 12.8 Å². The highest BCUT2D eigenvalue weighted by atomic mass is 16.6. The number of rotatable bonds is 7. The van der Waals surface area contributed by atoms with Crippen molar-refractivity contribution in [1.82, 2.24) is 4.90 Å². The van der Waals surface area contributed by atoms with Crippen molar-refractivity contribution in [1.29, 1.82) is 0 Å². The van der Waals surface area contributed by atoms with Gasteiger partial charge in [-0.3, -0.25) is 4.79 Å². The number of hydrogen-bond donors (Lipinski definition) is 1. The van der Waals surface area contributed by atoms with E-state index in [1.54, 1.807) is 7.05 Å². The SMILES string of the molecule is CCCCOC(=O)N(C)CCCC(=O)O. The summed E-state index contributed by atoms with van der Waals surface area (Å²) in [7, 11) is 1.61. The number of hydrogen-bond acceptors (Lipinski definition) is 3. The van der Waals surface area contributed by atoms with Gasteiger partial charge in [-0.05, 0) is 12.8 Å². The van der Waals surface area contributed by atoms with Crippen LogP contribution in [0.3, 0.4) is 0 Å². The number of carbonyl (C=O) groups is 2. The van der Waals surface area contributed by atoms with Gasteiger partial charge in [-0.1, -0.05) is 13.3 Å². The van der Waals surface area contributed by atoms with Crippen molar-refractivity contribution in [3.63, 3.8) is 0 Å². The van der Waals surface area contributed by atoms with Gasteiger partial charge in [-0.2, -0.15) is 0 Å². The predicted octanol–water partition coefficient (Wildman–Crippen LogP) is 1.72. The van der Waals surface area contributed by atoms with Crippen LogP contribution in [0.1, 0.15) is 32.6 Å². The van der Waals surface area contributed by atoms with E-state index in [-0.39, 0.29) is 12.5 Å². The zero-order valence-electron chi connectivity index (χ0n) is 9.36. The molecule has 0 aliphatic rings. The van der Waals surface area contributed by atoms with Crippen LogP contribution in [0.2, 0.25) is 0 Å². The zero-order chi connectivity index (χ0) is 11.7. The van der Waals surface area contributed by atoms with Crippen LogP contribution in [0, 0.1) is 0 Å². The normalized spacial score (nSPS) is 9.73. The molecule has 5 nitrogen and oxygen atoms in total. The van der Waals surface area contributed by atoms with Gasteiger partial charge in [-0.25, -0.2) is 4.79 Å². The van der Waals surface area contributed by atoms with E-state index in [1.165, 1.54) is 4.90 Å². The van der Waals surface area contributed by atoms with E-state index < -0.39 is 5.97 Å². The fourth-order valence-corrected chi connectivity index (χ4v) is 0.973. The Hall–Kier alpha value is -1.26. The van der Waals surface area contributed by atoms with Crippen molar-refractivity contribution in [3.05, 3.63) is 0 Å². The minimum Gasteiger partial charge on any atom is -0.481 e. The fraction of sp³-hybridized carbons (Fsp3) is 0.800. The molecule has 0 aromatic heterocycles. The van der Waals surface area contributed by atoms with Gasteiger partial charge < -0.3 is 14.7 Å². The number of carboxylic acid groups (broad SMARTS) is 1. The molecule has 1 amide bonds. The molecule has 0 aliphatic carbocycles. The lowest BCUT2D eigenvalue weighted by atomic mass is 10.3. The molecule has 0 atom stereocenters. The van der Waals surface area contributed by atoms with E-state index in [4.69, 9.17) is 9.84 Å². The maximum atomic E-state index is 11.2. The predicted molar refractivity (Wildman–Crippen MR) is 55.8 cm³/mol. The quantitative estimate of drug-likeness (QED) is 0.659. The van der Waals surface area contributed by atoms with E-state index in [0.29, 0.717) is 19.6 Å². The third kappa shape index (κ3) is 7.78. The summed E-state index contributed by atoms with van der Waals surface area (Å²) in [6.07, 6.45) is 1.99. The maximum Gasteiger partial charge on any atom is 0.409 e. The summed E-state index contributed by atoms with van der Waals surface area (Å²) in [5, 5.41) is 8.40. The number of nitrogens with zero attached hydrogens (tertiary/aromatic N) is 1. The van der Waals surface area contributed by atoms with Gasteiger partial charge in [0.2, 0.25) is 0 Å². The number of aliphatic carboxylic acids is 1. The summed E-state index contributed by atoms with van der Waals surface area (Å²) in [5.74, 6) is -0.845. The Labute approximate surface area is 90.0 Å². The van der Waals surface area contributed by atoms with Crippen LogP contribution in [0.4, 0.5) is 4.79 Å². The molecule has 5 heteroatoms. The molecule has 0 aliphatic heterocycles. The molecular weight excluding hydrogens is 198 g/mol. The van der Waals surface area contributed by atoms with Crippen LogP contribution in [-0.2, 0) is 9.53 Å². The standard InChI is InChI=1S/C10H19NO4/c1-3-4-8-15-10(14)11(2)7-5-6-9(12)13/h3-8H2,1-2H3,(H,12,13). The Morgan fingerprint density at radius 2 is 2.00 bits per heavy atom. The number of carbonyl (C=O) groups excluding carboxylic acids is 1. The Balaban J connectivity index is 3.55. The highest BCUT2D eigenvalue weighted by Crippen LogP contribution is 1.97. The number of amides is 1.